The number of carbonyl (C=O) groups excluding carboxylic acids is 6. The minimum absolute atomic E-state index is 0.0128. The van der Waals surface area contributed by atoms with Gasteiger partial charge in [0, 0.05) is 115 Å². The van der Waals surface area contributed by atoms with Gasteiger partial charge in [-0.1, -0.05) is 56.7 Å². The molecule has 0 bridgehead atoms. The predicted octanol–water partition coefficient (Wildman–Crippen LogP) is 12.6. The number of hydrogen-bond acceptors (Lipinski definition) is 14. The molecule has 4 saturated heterocycles. The largest absolute Gasteiger partial charge is 0.477 e. The number of Topliss-reactive ketones (excluding diaryl/α,β-unsaturated/α-hetero) is 3. The van der Waals surface area contributed by atoms with Gasteiger partial charge in [0.2, 0.25) is 17.7 Å². The third-order valence-electron chi connectivity index (χ3n) is 28.1. The topological polar surface area (TPSA) is 362 Å². The summed E-state index contributed by atoms with van der Waals surface area (Å²) in [6.45, 7) is 3.39. The summed E-state index contributed by atoms with van der Waals surface area (Å²) in [5, 5.41) is 30.2. The lowest BCUT2D eigenvalue weighted by Crippen LogP contribution is -2.54. The molecule has 5 saturated carbocycles. The number of alkyl halides is 2. The van der Waals surface area contributed by atoms with Gasteiger partial charge in [-0.3, -0.25) is 33.7 Å². The minimum Gasteiger partial charge on any atom is -0.477 e. The number of hydrogen-bond donors (Lipinski definition) is 9. The van der Waals surface area contributed by atoms with Crippen LogP contribution in [0, 0.1) is 59.2 Å². The molecule has 23 nitrogen and oxygen atoms in total. The van der Waals surface area contributed by atoms with Crippen LogP contribution in [0.3, 0.4) is 0 Å². The summed E-state index contributed by atoms with van der Waals surface area (Å²) >= 11 is 0. The number of ketones is 3. The van der Waals surface area contributed by atoms with E-state index in [0.29, 0.717) is 80.6 Å². The molecule has 7 heterocycles. The number of methoxy groups -OCH3 is 1. The van der Waals surface area contributed by atoms with Crippen LogP contribution in [-0.4, -0.2) is 205 Å². The van der Waals surface area contributed by atoms with E-state index in [4.69, 9.17) is 21.9 Å². The number of amides is 3. The van der Waals surface area contributed by atoms with E-state index in [1.165, 1.54) is 25.7 Å². The number of ether oxygens (including phenoxy) is 1. The van der Waals surface area contributed by atoms with Gasteiger partial charge >= 0.3 is 17.9 Å². The van der Waals surface area contributed by atoms with Gasteiger partial charge in [-0.2, -0.15) is 0 Å². The molecule has 8 atom stereocenters. The molecule has 114 heavy (non-hydrogen) atoms. The molecule has 4 aliphatic heterocycles. The highest BCUT2D eigenvalue weighted by Crippen LogP contribution is 2.45. The molecule has 0 spiro atoms. The number of carboxylic acid groups (broad SMARTS) is 3. The third-order valence-corrected chi connectivity index (χ3v) is 28.1. The fraction of sp³-hybridized carbons (Fsp3) is 0.629. The van der Waals surface area contributed by atoms with Crippen LogP contribution in [0.1, 0.15) is 222 Å². The molecule has 5 aliphatic carbocycles. The number of carboxylic acids is 3. The summed E-state index contributed by atoms with van der Waals surface area (Å²) in [4.78, 5) is 134. The fourth-order valence-corrected chi connectivity index (χ4v) is 21.6. The number of benzene rings is 3. The number of nitrogens with two attached hydrogens (primary N) is 3. The lowest BCUT2D eigenvalue weighted by molar-refractivity contribution is -0.143. The number of aromatic carboxylic acids is 3. The molecule has 0 radical (unpaired) electrons. The van der Waals surface area contributed by atoms with Crippen molar-refractivity contribution in [2.24, 2.45) is 76.4 Å². The van der Waals surface area contributed by atoms with Crippen molar-refractivity contribution < 1.29 is 72.0 Å². The molecule has 3 aromatic heterocycles. The van der Waals surface area contributed by atoms with E-state index in [0.717, 1.165) is 173 Å². The molecule has 9 fully saturated rings. The Labute approximate surface area is 666 Å². The highest BCUT2D eigenvalue weighted by atomic mass is 19.1. The SMILES string of the molecule is COC1CCC([C@@H]2CCN(C(=O)C3CCC([C@H](N)CF)CC3)[C@@H]2C(=O)Cc2ccc3[nH]c(C(=O)O)cc3c2)CC1.NCC1CCC(C(=O)N2CC[C@@H](C3CCCCC3)[C@H]2C(=O)Cc2ccc3[nH]c(C(=O)O)cc3c2)CC1.N[C@H](CF)C1CCC(C(=O)N2CC[C@@H](N3CCCCC3)[C@H]2C(=O)Cc2ccc3[nH]c(C(=O)O)cc3c2)CC1. The Balaban J connectivity index is 0.000000149. The number of rotatable bonds is 24. The third kappa shape index (κ3) is 19.4. The number of H-pyrrole nitrogens is 3. The Hall–Kier alpha value is -8.23. The molecule has 9 aliphatic rings. The Kier molecular flexibility index (Phi) is 28.1. The van der Waals surface area contributed by atoms with Gasteiger partial charge in [0.25, 0.3) is 0 Å². The summed E-state index contributed by atoms with van der Waals surface area (Å²) in [5.74, 6) is -0.811. The van der Waals surface area contributed by atoms with E-state index in [1.54, 1.807) is 25.3 Å². The molecule has 6 aromatic rings. The van der Waals surface area contributed by atoms with Crippen molar-refractivity contribution in [1.82, 2.24) is 34.6 Å². The number of fused-ring (bicyclic) bond motifs is 3. The smallest absolute Gasteiger partial charge is 0.352 e. The Morgan fingerprint density at radius 3 is 1.17 bits per heavy atom. The van der Waals surface area contributed by atoms with Crippen LogP contribution in [0.5, 0.6) is 0 Å². The fourth-order valence-electron chi connectivity index (χ4n) is 21.6. The Bertz CT molecular complexity index is 4360. The number of aromatic nitrogens is 3. The number of likely N-dealkylation sites (tertiary alicyclic amines) is 4. The molecule has 15 rings (SSSR count). The van der Waals surface area contributed by atoms with E-state index in [-0.39, 0.29) is 131 Å². The molecular formula is C89H120F2N10O13. The Morgan fingerprint density at radius 1 is 0.430 bits per heavy atom. The second-order valence-electron chi connectivity index (χ2n) is 34.9. The van der Waals surface area contributed by atoms with Gasteiger partial charge in [-0.15, -0.1) is 0 Å². The van der Waals surface area contributed by atoms with E-state index < -0.39 is 55.4 Å². The number of halogens is 2. The number of nitrogens with one attached hydrogen (secondary N) is 3. The van der Waals surface area contributed by atoms with Crippen molar-refractivity contribution in [3.05, 3.63) is 107 Å². The maximum Gasteiger partial charge on any atom is 0.352 e. The van der Waals surface area contributed by atoms with E-state index >= 15 is 0 Å². The molecule has 0 unspecified atom stereocenters. The van der Waals surface area contributed by atoms with Crippen LogP contribution in [0.15, 0.2) is 72.8 Å². The predicted molar refractivity (Wildman–Crippen MR) is 431 cm³/mol. The monoisotopic (exact) mass is 1570 g/mol. The summed E-state index contributed by atoms with van der Waals surface area (Å²) in [6.07, 6.45) is 26.3. The number of piperidine rings is 1. The quantitative estimate of drug-likeness (QED) is 0.0272. The van der Waals surface area contributed by atoms with E-state index in [9.17, 15) is 67.3 Å². The van der Waals surface area contributed by atoms with Gasteiger partial charge in [0.05, 0.1) is 18.2 Å². The molecule has 3 aromatic carbocycles. The molecule has 25 heteroatoms. The average molecular weight is 1580 g/mol. The first-order valence-corrected chi connectivity index (χ1v) is 42.7. The molecule has 3 amide bonds. The highest BCUT2D eigenvalue weighted by molar-refractivity contribution is 5.99. The van der Waals surface area contributed by atoms with E-state index in [2.05, 4.69) is 19.9 Å². The molecule has 618 valence electrons. The zero-order valence-corrected chi connectivity index (χ0v) is 66.3. The van der Waals surface area contributed by atoms with Crippen LogP contribution >= 0.6 is 0 Å². The molecule has 12 N–H and O–H groups in total. The molecular weight excluding hydrogens is 1460 g/mol. The van der Waals surface area contributed by atoms with Crippen molar-refractivity contribution in [3.8, 4) is 0 Å². The van der Waals surface area contributed by atoms with Crippen molar-refractivity contribution in [1.29, 1.82) is 0 Å². The summed E-state index contributed by atoms with van der Waals surface area (Å²) < 4.78 is 31.7. The van der Waals surface area contributed by atoms with E-state index in [1.807, 2.05) is 69.3 Å². The van der Waals surface area contributed by atoms with Gasteiger partial charge in [0.15, 0.2) is 17.3 Å². The first kappa shape index (κ1) is 83.7. The first-order chi connectivity index (χ1) is 55.1. The van der Waals surface area contributed by atoms with Gasteiger partial charge in [-0.05, 0) is 267 Å². The normalized spacial score (nSPS) is 28.3. The van der Waals surface area contributed by atoms with Crippen molar-refractivity contribution in [2.75, 3.05) is 59.7 Å². The van der Waals surface area contributed by atoms with Crippen LogP contribution in [0.2, 0.25) is 0 Å². The van der Waals surface area contributed by atoms with Gasteiger partial charge < -0.3 is 66.9 Å². The summed E-state index contributed by atoms with van der Waals surface area (Å²) in [6, 6.07) is 19.3. The maximum atomic E-state index is 14.0. The number of aromatic amines is 3. The minimum atomic E-state index is -1.03. The van der Waals surface area contributed by atoms with Crippen molar-refractivity contribution in [2.45, 2.75) is 235 Å². The lowest BCUT2D eigenvalue weighted by Gasteiger charge is -2.38. The number of nitrogens with zero attached hydrogens (tertiary/aromatic N) is 4. The first-order valence-electron chi connectivity index (χ1n) is 42.7. The summed E-state index contributed by atoms with van der Waals surface area (Å²) in [7, 11) is 1.75. The highest BCUT2D eigenvalue weighted by Gasteiger charge is 2.50. The van der Waals surface area contributed by atoms with Crippen LogP contribution in [0.4, 0.5) is 8.78 Å². The van der Waals surface area contributed by atoms with Crippen molar-refractivity contribution in [3.63, 3.8) is 0 Å². The van der Waals surface area contributed by atoms with Crippen LogP contribution in [0.25, 0.3) is 32.7 Å². The standard InChI is InChI=1S/C31H42FN3O5.C29H39FN4O4.C29H39N3O4/c1-40-23-9-7-19(8-10-23)24-12-13-35(30(37)21-5-3-20(4-6-21)25(33)17-32)29(24)28(36)15-18-2-11-26-22(14-18)16-27(34-26)31(38)39;30-17-22(31)19-5-7-20(8-6-19)28(36)34-13-10-25(33-11-2-1-3-12-33)27(34)26(35)15-18-4-9-23-21(14-18)16-24(32-23)29(37)38;30-17-18-6-9-21(10-7-18)28(34)32-13-12-23(20-4-2-1-3-5-20)27(32)26(33)15-19-8-11-24-22(14-19)16-25(31-24)29(35)36/h2,11,14,16,19-21,23-25,29,34H,3-10,12-13,15,17,33H2,1H3,(H,38,39);4,9,14,16,19-20,22,25,27,32H,1-3,5-8,10-13,15,17,31H2,(H,37,38);8,11,14,16,18,20-21,23,27,31H,1-7,9-10,12-13,15,17,30H2,(H,35,36)/t19?,20?,21?,23?,24-,25+,29-;19?,20?,22-,25-,27+;18?,21?,23-,27-/m010/s1. The van der Waals surface area contributed by atoms with Crippen molar-refractivity contribution >= 4 is 85.7 Å². The van der Waals surface area contributed by atoms with Gasteiger partial charge in [-0.25, -0.2) is 23.2 Å². The van der Waals surface area contributed by atoms with Gasteiger partial charge in [0.1, 0.15) is 36.5 Å². The lowest BCUT2D eigenvalue weighted by atomic mass is 9.74. The zero-order chi connectivity index (χ0) is 80.4. The summed E-state index contributed by atoms with van der Waals surface area (Å²) in [5.41, 5.74) is 22.8. The second-order valence-corrected chi connectivity index (χ2v) is 34.9. The average Bonchev–Trinajstić information content (AvgIpc) is 1.62. The zero-order valence-electron chi connectivity index (χ0n) is 66.3. The Morgan fingerprint density at radius 2 is 0.789 bits per heavy atom. The maximum absolute atomic E-state index is 14.0. The second kappa shape index (κ2) is 38.2. The van der Waals surface area contributed by atoms with Crippen LogP contribution < -0.4 is 17.2 Å². The number of carbonyl (C=O) groups is 9. The van der Waals surface area contributed by atoms with Crippen LogP contribution in [-0.2, 0) is 52.8 Å².